The SMILES string of the molecule is CCC[C@H]1OC(O)CC[C@@H]1c1ccc(COCOC)cc1. The first-order valence-electron chi connectivity index (χ1n) is 7.73. The van der Waals surface area contributed by atoms with E-state index in [2.05, 4.69) is 31.2 Å². The van der Waals surface area contributed by atoms with Gasteiger partial charge in [-0.15, -0.1) is 0 Å². The maximum atomic E-state index is 9.68. The molecule has 0 aliphatic carbocycles. The van der Waals surface area contributed by atoms with E-state index >= 15 is 0 Å². The van der Waals surface area contributed by atoms with Gasteiger partial charge in [0.2, 0.25) is 0 Å². The van der Waals surface area contributed by atoms with Crippen molar-refractivity contribution in [2.75, 3.05) is 13.9 Å². The van der Waals surface area contributed by atoms with E-state index in [0.717, 1.165) is 24.8 Å². The van der Waals surface area contributed by atoms with Crippen LogP contribution in [0.5, 0.6) is 0 Å². The monoisotopic (exact) mass is 294 g/mol. The molecule has 0 bridgehead atoms. The predicted octanol–water partition coefficient (Wildman–Crippen LogP) is 3.19. The van der Waals surface area contributed by atoms with Crippen molar-refractivity contribution < 1.29 is 19.3 Å². The summed E-state index contributed by atoms with van der Waals surface area (Å²) in [4.78, 5) is 0. The van der Waals surface area contributed by atoms with Crippen LogP contribution in [-0.4, -0.2) is 31.4 Å². The molecule has 0 aromatic heterocycles. The van der Waals surface area contributed by atoms with Gasteiger partial charge in [-0.05, 0) is 30.4 Å². The third-order valence-corrected chi connectivity index (χ3v) is 3.96. The Morgan fingerprint density at radius 2 is 2.00 bits per heavy atom. The molecule has 1 saturated heterocycles. The quantitative estimate of drug-likeness (QED) is 0.620. The molecule has 0 radical (unpaired) electrons. The van der Waals surface area contributed by atoms with Crippen molar-refractivity contribution in [1.29, 1.82) is 0 Å². The van der Waals surface area contributed by atoms with E-state index in [4.69, 9.17) is 14.2 Å². The number of ether oxygens (including phenoxy) is 3. The Bertz CT molecular complexity index is 404. The minimum absolute atomic E-state index is 0.120. The summed E-state index contributed by atoms with van der Waals surface area (Å²) in [5.74, 6) is 0.377. The van der Waals surface area contributed by atoms with Crippen molar-refractivity contribution >= 4 is 0 Å². The molecule has 1 aliphatic rings. The lowest BCUT2D eigenvalue weighted by Crippen LogP contribution is -2.33. The molecule has 3 atom stereocenters. The van der Waals surface area contributed by atoms with E-state index in [-0.39, 0.29) is 6.10 Å². The second-order valence-electron chi connectivity index (χ2n) is 5.60. The van der Waals surface area contributed by atoms with Crippen molar-refractivity contribution in [1.82, 2.24) is 0 Å². The summed E-state index contributed by atoms with van der Waals surface area (Å²) in [5.41, 5.74) is 2.43. The van der Waals surface area contributed by atoms with Crippen molar-refractivity contribution in [3.8, 4) is 0 Å². The Morgan fingerprint density at radius 3 is 2.67 bits per heavy atom. The molecular formula is C17H26O4. The smallest absolute Gasteiger partial charge is 0.154 e. The third kappa shape index (κ3) is 4.78. The Morgan fingerprint density at radius 1 is 1.24 bits per heavy atom. The second-order valence-corrected chi connectivity index (χ2v) is 5.60. The first kappa shape index (κ1) is 16.4. The topological polar surface area (TPSA) is 47.9 Å². The zero-order valence-corrected chi connectivity index (χ0v) is 13.0. The van der Waals surface area contributed by atoms with E-state index in [0.29, 0.717) is 25.7 Å². The lowest BCUT2D eigenvalue weighted by atomic mass is 9.85. The van der Waals surface area contributed by atoms with Crippen LogP contribution in [0, 0.1) is 0 Å². The van der Waals surface area contributed by atoms with Crippen LogP contribution in [0.15, 0.2) is 24.3 Å². The molecule has 1 heterocycles. The lowest BCUT2D eigenvalue weighted by Gasteiger charge is -2.34. The van der Waals surface area contributed by atoms with Gasteiger partial charge in [-0.3, -0.25) is 0 Å². The highest BCUT2D eigenvalue weighted by molar-refractivity contribution is 5.26. The van der Waals surface area contributed by atoms with Gasteiger partial charge in [0.15, 0.2) is 6.29 Å². The molecule has 0 spiro atoms. The second kappa shape index (κ2) is 8.49. The predicted molar refractivity (Wildman–Crippen MR) is 80.9 cm³/mol. The lowest BCUT2D eigenvalue weighted by molar-refractivity contribution is -0.171. The van der Waals surface area contributed by atoms with Crippen LogP contribution in [0.3, 0.4) is 0 Å². The fourth-order valence-electron chi connectivity index (χ4n) is 2.91. The average Bonchev–Trinajstić information content (AvgIpc) is 2.49. The summed E-state index contributed by atoms with van der Waals surface area (Å²) in [7, 11) is 1.62. The van der Waals surface area contributed by atoms with E-state index in [1.807, 2.05) is 0 Å². The number of aliphatic hydroxyl groups is 1. The summed E-state index contributed by atoms with van der Waals surface area (Å²) >= 11 is 0. The van der Waals surface area contributed by atoms with Crippen molar-refractivity contribution in [3.63, 3.8) is 0 Å². The van der Waals surface area contributed by atoms with E-state index < -0.39 is 6.29 Å². The largest absolute Gasteiger partial charge is 0.368 e. The van der Waals surface area contributed by atoms with Gasteiger partial charge >= 0.3 is 0 Å². The summed E-state index contributed by atoms with van der Waals surface area (Å²) < 4.78 is 15.9. The maximum Gasteiger partial charge on any atom is 0.154 e. The minimum Gasteiger partial charge on any atom is -0.368 e. The molecular weight excluding hydrogens is 268 g/mol. The molecule has 1 fully saturated rings. The zero-order chi connectivity index (χ0) is 15.1. The van der Waals surface area contributed by atoms with Crippen molar-refractivity contribution in [2.45, 2.75) is 57.5 Å². The van der Waals surface area contributed by atoms with Gasteiger partial charge < -0.3 is 19.3 Å². The first-order chi connectivity index (χ1) is 10.2. The van der Waals surface area contributed by atoms with Gasteiger partial charge in [-0.1, -0.05) is 37.6 Å². The Labute approximate surface area is 127 Å². The number of aliphatic hydroxyl groups excluding tert-OH is 1. The molecule has 0 amide bonds. The summed E-state index contributed by atoms with van der Waals surface area (Å²) in [6.07, 6.45) is 3.26. The highest BCUT2D eigenvalue weighted by Gasteiger charge is 2.30. The highest BCUT2D eigenvalue weighted by atomic mass is 16.7. The molecule has 1 unspecified atom stereocenters. The normalized spacial score (nSPS) is 26.0. The van der Waals surface area contributed by atoms with Crippen LogP contribution in [-0.2, 0) is 20.8 Å². The van der Waals surface area contributed by atoms with Crippen LogP contribution >= 0.6 is 0 Å². The minimum atomic E-state index is -0.598. The van der Waals surface area contributed by atoms with Gasteiger partial charge in [0.05, 0.1) is 12.7 Å². The first-order valence-corrected chi connectivity index (χ1v) is 7.73. The van der Waals surface area contributed by atoms with Crippen LogP contribution < -0.4 is 0 Å². The maximum absolute atomic E-state index is 9.68. The van der Waals surface area contributed by atoms with Gasteiger partial charge in [0.1, 0.15) is 6.79 Å². The van der Waals surface area contributed by atoms with Gasteiger partial charge in [-0.2, -0.15) is 0 Å². The molecule has 1 aromatic rings. The average molecular weight is 294 g/mol. The highest BCUT2D eigenvalue weighted by Crippen LogP contribution is 2.35. The molecule has 2 rings (SSSR count). The van der Waals surface area contributed by atoms with Gasteiger partial charge in [0.25, 0.3) is 0 Å². The van der Waals surface area contributed by atoms with Crippen molar-refractivity contribution in [2.24, 2.45) is 0 Å². The molecule has 4 nitrogen and oxygen atoms in total. The van der Waals surface area contributed by atoms with Crippen molar-refractivity contribution in [3.05, 3.63) is 35.4 Å². The van der Waals surface area contributed by atoms with Crippen LogP contribution in [0.1, 0.15) is 49.7 Å². The van der Waals surface area contributed by atoms with E-state index in [1.165, 1.54) is 5.56 Å². The van der Waals surface area contributed by atoms with Gasteiger partial charge in [-0.25, -0.2) is 0 Å². The van der Waals surface area contributed by atoms with Crippen LogP contribution in [0.25, 0.3) is 0 Å². The number of methoxy groups -OCH3 is 1. The van der Waals surface area contributed by atoms with Crippen LogP contribution in [0.4, 0.5) is 0 Å². The summed E-state index contributed by atoms with van der Waals surface area (Å²) in [5, 5.41) is 9.68. The number of rotatable bonds is 7. The zero-order valence-electron chi connectivity index (χ0n) is 13.0. The van der Waals surface area contributed by atoms with E-state index in [1.54, 1.807) is 7.11 Å². The fraction of sp³-hybridized carbons (Fsp3) is 0.647. The Hall–Kier alpha value is -0.940. The molecule has 1 aromatic carbocycles. The molecule has 4 heteroatoms. The summed E-state index contributed by atoms with van der Waals surface area (Å²) in [6.45, 7) is 3.03. The number of hydrogen-bond donors (Lipinski definition) is 1. The fourth-order valence-corrected chi connectivity index (χ4v) is 2.91. The Kier molecular flexibility index (Phi) is 6.64. The number of hydrogen-bond acceptors (Lipinski definition) is 4. The molecule has 21 heavy (non-hydrogen) atoms. The Balaban J connectivity index is 1.99. The molecule has 0 saturated carbocycles. The molecule has 1 aliphatic heterocycles. The molecule has 118 valence electrons. The van der Waals surface area contributed by atoms with E-state index in [9.17, 15) is 5.11 Å². The number of benzene rings is 1. The third-order valence-electron chi connectivity index (χ3n) is 3.96. The molecule has 1 N–H and O–H groups in total. The summed E-state index contributed by atoms with van der Waals surface area (Å²) in [6, 6.07) is 8.50. The van der Waals surface area contributed by atoms with Gasteiger partial charge in [0, 0.05) is 13.0 Å². The standard InChI is InChI=1S/C17H26O4/c1-3-4-16-15(9-10-17(18)21-16)14-7-5-13(6-8-14)11-20-12-19-2/h5-8,15-18H,3-4,9-12H2,1-2H3/t15-,16-,17?/m1/s1. The van der Waals surface area contributed by atoms with Crippen LogP contribution in [0.2, 0.25) is 0 Å².